The Morgan fingerprint density at radius 3 is 2.88 bits per heavy atom. The van der Waals surface area contributed by atoms with E-state index in [2.05, 4.69) is 41.2 Å². The van der Waals surface area contributed by atoms with Crippen molar-refractivity contribution in [1.29, 1.82) is 0 Å². The number of carbonyl (C=O) groups is 1. The molecular formula is C12H14N2OS2. The summed E-state index contributed by atoms with van der Waals surface area (Å²) in [4.78, 5) is 19.2. The summed E-state index contributed by atoms with van der Waals surface area (Å²) in [5, 5.41) is 2.99. The fourth-order valence-corrected chi connectivity index (χ4v) is 3.07. The molecule has 5 heteroatoms. The average Bonchev–Trinajstić information content (AvgIpc) is 2.96. The lowest BCUT2D eigenvalue weighted by Gasteiger charge is -2.25. The molecule has 0 aliphatic carbocycles. The molecule has 0 bridgehead atoms. The molecule has 2 rings (SSSR count). The number of nitrogens with zero attached hydrogens (tertiary/aromatic N) is 2. The van der Waals surface area contributed by atoms with E-state index in [9.17, 15) is 4.79 Å². The fraction of sp³-hybridized carbons (Fsp3) is 0.333. The van der Waals surface area contributed by atoms with Crippen LogP contribution in [0, 0.1) is 0 Å². The van der Waals surface area contributed by atoms with Crippen molar-refractivity contribution in [3.05, 3.63) is 33.5 Å². The number of thiophene rings is 1. The summed E-state index contributed by atoms with van der Waals surface area (Å²) >= 11 is 3.18. The Morgan fingerprint density at radius 2 is 2.35 bits per heavy atom. The van der Waals surface area contributed by atoms with Crippen LogP contribution in [0.5, 0.6) is 0 Å². The highest BCUT2D eigenvalue weighted by Crippen LogP contribution is 2.26. The highest BCUT2D eigenvalue weighted by Gasteiger charge is 2.15. The maximum atomic E-state index is 10.7. The molecule has 0 radical (unpaired) electrons. The van der Waals surface area contributed by atoms with Gasteiger partial charge in [0.2, 0.25) is 0 Å². The first-order valence-electron chi connectivity index (χ1n) is 5.40. The highest BCUT2D eigenvalue weighted by atomic mass is 32.1. The van der Waals surface area contributed by atoms with Gasteiger partial charge in [0.1, 0.15) is 0 Å². The molecule has 17 heavy (non-hydrogen) atoms. The smallest absolute Gasteiger partial charge is 0.186 e. The molecule has 0 saturated carbocycles. The number of rotatable bonds is 5. The van der Waals surface area contributed by atoms with Crippen molar-refractivity contribution in [3.63, 3.8) is 0 Å². The third kappa shape index (κ3) is 2.92. The summed E-state index contributed by atoms with van der Waals surface area (Å²) < 4.78 is 0. The number of hydrogen-bond acceptors (Lipinski definition) is 5. The minimum absolute atomic E-state index is 0.364. The van der Waals surface area contributed by atoms with E-state index in [4.69, 9.17) is 0 Å². The molecule has 0 unspecified atom stereocenters. The van der Waals surface area contributed by atoms with Crippen LogP contribution >= 0.6 is 22.7 Å². The quantitative estimate of drug-likeness (QED) is 0.777. The van der Waals surface area contributed by atoms with Crippen molar-refractivity contribution >= 4 is 34.1 Å². The molecule has 0 aliphatic rings. The predicted molar refractivity (Wildman–Crippen MR) is 73.1 cm³/mol. The topological polar surface area (TPSA) is 33.2 Å². The van der Waals surface area contributed by atoms with Crippen LogP contribution in [0.1, 0.15) is 28.4 Å². The summed E-state index contributed by atoms with van der Waals surface area (Å²) in [6.45, 7) is 5.12. The number of thiazole rings is 1. The van der Waals surface area contributed by atoms with Gasteiger partial charge in [0.25, 0.3) is 0 Å². The van der Waals surface area contributed by atoms with Gasteiger partial charge in [-0.2, -0.15) is 0 Å². The second kappa shape index (κ2) is 5.42. The molecule has 0 atom stereocenters. The number of carbonyl (C=O) groups excluding carboxylic acids is 1. The van der Waals surface area contributed by atoms with Crippen molar-refractivity contribution < 1.29 is 4.79 Å². The molecule has 3 nitrogen and oxygen atoms in total. The Balaban J connectivity index is 2.19. The van der Waals surface area contributed by atoms with Crippen molar-refractivity contribution in [1.82, 2.24) is 4.98 Å². The predicted octanol–water partition coefficient (Wildman–Crippen LogP) is 3.43. The molecule has 0 amide bonds. The number of aldehydes is 1. The maximum absolute atomic E-state index is 10.7. The summed E-state index contributed by atoms with van der Waals surface area (Å²) in [6, 6.07) is 4.54. The van der Waals surface area contributed by atoms with E-state index in [1.165, 1.54) is 16.2 Å². The van der Waals surface area contributed by atoms with E-state index in [0.717, 1.165) is 18.0 Å². The van der Waals surface area contributed by atoms with Crippen molar-refractivity contribution in [3.8, 4) is 0 Å². The maximum Gasteiger partial charge on any atom is 0.186 e. The lowest BCUT2D eigenvalue weighted by molar-refractivity contribution is 0.112. The number of aromatic nitrogens is 1. The van der Waals surface area contributed by atoms with Gasteiger partial charge >= 0.3 is 0 Å². The summed E-state index contributed by atoms with van der Waals surface area (Å²) in [5.41, 5.74) is 0. The van der Waals surface area contributed by atoms with Gasteiger partial charge in [-0.3, -0.25) is 4.79 Å². The molecule has 0 fully saturated rings. The van der Waals surface area contributed by atoms with Crippen LogP contribution in [0.2, 0.25) is 0 Å². The average molecular weight is 266 g/mol. The van der Waals surface area contributed by atoms with E-state index < -0.39 is 0 Å². The molecule has 0 spiro atoms. The standard InChI is InChI=1S/C12H14N2OS2/c1-9(2)14(7-10-4-3-5-16-10)12-13-6-11(8-15)17-12/h3-6,8-9H,7H2,1-2H3. The van der Waals surface area contributed by atoms with Crippen LogP contribution < -0.4 is 4.90 Å². The van der Waals surface area contributed by atoms with Crippen LogP contribution in [-0.4, -0.2) is 17.3 Å². The van der Waals surface area contributed by atoms with E-state index in [-0.39, 0.29) is 0 Å². The zero-order chi connectivity index (χ0) is 12.3. The molecule has 0 aromatic carbocycles. The van der Waals surface area contributed by atoms with Crippen LogP contribution in [-0.2, 0) is 6.54 Å². The molecule has 2 heterocycles. The van der Waals surface area contributed by atoms with Gasteiger partial charge in [-0.25, -0.2) is 4.98 Å². The largest absolute Gasteiger partial charge is 0.341 e. The zero-order valence-electron chi connectivity index (χ0n) is 9.79. The third-order valence-corrected chi connectivity index (χ3v) is 4.22. The molecule has 90 valence electrons. The molecule has 2 aromatic heterocycles. The third-order valence-electron chi connectivity index (χ3n) is 2.40. The minimum atomic E-state index is 0.364. The van der Waals surface area contributed by atoms with Crippen LogP contribution in [0.3, 0.4) is 0 Å². The Labute approximate surface area is 109 Å². The van der Waals surface area contributed by atoms with E-state index in [1.54, 1.807) is 17.5 Å². The summed E-state index contributed by atoms with van der Waals surface area (Å²) in [6.07, 6.45) is 2.49. The van der Waals surface area contributed by atoms with Gasteiger partial charge in [0.05, 0.1) is 17.6 Å². The monoisotopic (exact) mass is 266 g/mol. The zero-order valence-corrected chi connectivity index (χ0v) is 11.4. The minimum Gasteiger partial charge on any atom is -0.341 e. The second-order valence-corrected chi connectivity index (χ2v) is 6.04. The summed E-state index contributed by atoms with van der Waals surface area (Å²) in [5.74, 6) is 0. The second-order valence-electron chi connectivity index (χ2n) is 3.96. The van der Waals surface area contributed by atoms with Gasteiger partial charge in [0.15, 0.2) is 11.4 Å². The summed E-state index contributed by atoms with van der Waals surface area (Å²) in [7, 11) is 0. The normalized spacial score (nSPS) is 10.8. The Kier molecular flexibility index (Phi) is 3.91. The highest BCUT2D eigenvalue weighted by molar-refractivity contribution is 7.17. The SMILES string of the molecule is CC(C)N(Cc1cccs1)c1ncc(C=O)s1. The van der Waals surface area contributed by atoms with Crippen LogP contribution in [0.25, 0.3) is 0 Å². The van der Waals surface area contributed by atoms with Crippen molar-refractivity contribution in [2.45, 2.75) is 26.4 Å². The van der Waals surface area contributed by atoms with Crippen LogP contribution in [0.15, 0.2) is 23.7 Å². The van der Waals surface area contributed by atoms with Gasteiger partial charge in [-0.05, 0) is 25.3 Å². The van der Waals surface area contributed by atoms with Gasteiger partial charge in [-0.15, -0.1) is 11.3 Å². The molecule has 0 saturated heterocycles. The fourth-order valence-electron chi connectivity index (χ4n) is 1.51. The Bertz CT molecular complexity index is 476. The van der Waals surface area contributed by atoms with Gasteiger partial charge < -0.3 is 4.90 Å². The molecule has 0 N–H and O–H groups in total. The first-order valence-corrected chi connectivity index (χ1v) is 7.10. The Morgan fingerprint density at radius 1 is 1.53 bits per heavy atom. The number of hydrogen-bond donors (Lipinski definition) is 0. The first kappa shape index (κ1) is 12.3. The van der Waals surface area contributed by atoms with Crippen LogP contribution in [0.4, 0.5) is 5.13 Å². The molecule has 0 aliphatic heterocycles. The van der Waals surface area contributed by atoms with E-state index in [0.29, 0.717) is 10.9 Å². The van der Waals surface area contributed by atoms with Crippen molar-refractivity contribution in [2.75, 3.05) is 4.90 Å². The van der Waals surface area contributed by atoms with Gasteiger partial charge in [0, 0.05) is 10.9 Å². The lowest BCUT2D eigenvalue weighted by atomic mass is 10.3. The van der Waals surface area contributed by atoms with Gasteiger partial charge in [-0.1, -0.05) is 17.4 Å². The van der Waals surface area contributed by atoms with Crippen molar-refractivity contribution in [2.24, 2.45) is 0 Å². The van der Waals surface area contributed by atoms with E-state index >= 15 is 0 Å². The molecule has 2 aromatic rings. The molecular weight excluding hydrogens is 252 g/mol. The Hall–Kier alpha value is -1.20. The lowest BCUT2D eigenvalue weighted by Crippen LogP contribution is -2.29. The van der Waals surface area contributed by atoms with E-state index in [1.807, 2.05) is 0 Å². The first-order chi connectivity index (χ1) is 8.20. The number of anilines is 1.